The van der Waals surface area contributed by atoms with Gasteiger partial charge in [-0.15, -0.1) is 0 Å². The number of rotatable bonds is 7. The first-order valence-corrected chi connectivity index (χ1v) is 9.10. The minimum atomic E-state index is -0.633. The molecule has 2 N–H and O–H groups in total. The zero-order valence-electron chi connectivity index (χ0n) is 14.3. The number of hydrogen-bond donors (Lipinski definition) is 2. The van der Waals surface area contributed by atoms with Crippen LogP contribution >= 0.6 is 23.2 Å². The molecular formula is C18H22Cl2N2O3. The molecule has 1 atom stereocenters. The van der Waals surface area contributed by atoms with Crippen LogP contribution in [0.25, 0.3) is 0 Å². The monoisotopic (exact) mass is 384 g/mol. The predicted molar refractivity (Wildman–Crippen MR) is 98.7 cm³/mol. The lowest BCUT2D eigenvalue weighted by atomic mass is 9.95. The van der Waals surface area contributed by atoms with Gasteiger partial charge in [-0.25, -0.2) is 9.59 Å². The van der Waals surface area contributed by atoms with Crippen molar-refractivity contribution in [1.29, 1.82) is 0 Å². The van der Waals surface area contributed by atoms with Crippen LogP contribution in [-0.2, 0) is 9.53 Å². The Balaban J connectivity index is 2.18. The molecule has 1 aliphatic heterocycles. The average Bonchev–Trinajstić information content (AvgIpc) is 2.56. The molecule has 1 aromatic carbocycles. The molecule has 5 nitrogen and oxygen atoms in total. The molecule has 0 radical (unpaired) electrons. The lowest BCUT2D eigenvalue weighted by Crippen LogP contribution is -2.45. The number of halogens is 2. The minimum absolute atomic E-state index is 0.358. The Labute approximate surface area is 157 Å². The quantitative estimate of drug-likeness (QED) is 0.526. The summed E-state index contributed by atoms with van der Waals surface area (Å²) in [5, 5.41) is 6.12. The Morgan fingerprint density at radius 2 is 1.96 bits per heavy atom. The number of esters is 1. The molecule has 136 valence electrons. The van der Waals surface area contributed by atoms with Crippen LogP contribution in [0.1, 0.15) is 51.1 Å². The van der Waals surface area contributed by atoms with Crippen molar-refractivity contribution in [3.8, 4) is 0 Å². The van der Waals surface area contributed by atoms with E-state index in [0.717, 1.165) is 25.7 Å². The third kappa shape index (κ3) is 5.13. The number of nitrogens with one attached hydrogen (secondary N) is 2. The summed E-state index contributed by atoms with van der Waals surface area (Å²) in [6.45, 7) is 4.16. The third-order valence-electron chi connectivity index (χ3n) is 4.00. The van der Waals surface area contributed by atoms with Crippen LogP contribution < -0.4 is 10.6 Å². The Hall–Kier alpha value is -1.72. The number of amides is 2. The van der Waals surface area contributed by atoms with Crippen LogP contribution in [0.4, 0.5) is 4.79 Å². The molecule has 1 unspecified atom stereocenters. The second-order valence-electron chi connectivity index (χ2n) is 5.94. The van der Waals surface area contributed by atoms with Gasteiger partial charge in [0, 0.05) is 5.70 Å². The average molecular weight is 385 g/mol. The smallest absolute Gasteiger partial charge is 0.338 e. The maximum Gasteiger partial charge on any atom is 0.338 e. The van der Waals surface area contributed by atoms with Crippen molar-refractivity contribution in [2.45, 2.75) is 45.6 Å². The van der Waals surface area contributed by atoms with Crippen molar-refractivity contribution in [1.82, 2.24) is 10.6 Å². The summed E-state index contributed by atoms with van der Waals surface area (Å²) in [5.41, 5.74) is 1.51. The zero-order valence-corrected chi connectivity index (χ0v) is 15.8. The molecule has 7 heteroatoms. The van der Waals surface area contributed by atoms with Gasteiger partial charge in [0.25, 0.3) is 0 Å². The number of benzene rings is 1. The molecule has 1 aromatic rings. The van der Waals surface area contributed by atoms with Crippen molar-refractivity contribution < 1.29 is 14.3 Å². The number of carbonyl (C=O) groups excluding carboxylic acids is 2. The van der Waals surface area contributed by atoms with Gasteiger partial charge in [-0.05, 0) is 31.0 Å². The molecular weight excluding hydrogens is 363 g/mol. The first-order chi connectivity index (χ1) is 11.9. The van der Waals surface area contributed by atoms with Gasteiger partial charge in [0.2, 0.25) is 0 Å². The Bertz CT molecular complexity index is 689. The highest BCUT2D eigenvalue weighted by atomic mass is 35.5. The second kappa shape index (κ2) is 9.11. The maximum atomic E-state index is 12.6. The van der Waals surface area contributed by atoms with E-state index >= 15 is 0 Å². The van der Waals surface area contributed by atoms with E-state index in [1.807, 2.05) is 0 Å². The van der Waals surface area contributed by atoms with Gasteiger partial charge in [0.1, 0.15) is 0 Å². The van der Waals surface area contributed by atoms with E-state index in [4.69, 9.17) is 27.9 Å². The molecule has 2 amide bonds. The number of carbonyl (C=O) groups is 2. The first kappa shape index (κ1) is 19.6. The van der Waals surface area contributed by atoms with Gasteiger partial charge in [-0.1, -0.05) is 55.5 Å². The molecule has 0 aliphatic carbocycles. The highest BCUT2D eigenvalue weighted by molar-refractivity contribution is 6.42. The van der Waals surface area contributed by atoms with E-state index in [-0.39, 0.29) is 6.03 Å². The highest BCUT2D eigenvalue weighted by Gasteiger charge is 2.32. The van der Waals surface area contributed by atoms with Crippen LogP contribution in [0.3, 0.4) is 0 Å². The topological polar surface area (TPSA) is 67.4 Å². The number of hydrogen-bond acceptors (Lipinski definition) is 3. The van der Waals surface area contributed by atoms with Gasteiger partial charge in [-0.3, -0.25) is 0 Å². The minimum Gasteiger partial charge on any atom is -0.462 e. The molecule has 0 saturated heterocycles. The maximum absolute atomic E-state index is 12.6. The lowest BCUT2D eigenvalue weighted by Gasteiger charge is -2.28. The van der Waals surface area contributed by atoms with Crippen molar-refractivity contribution >= 4 is 35.2 Å². The number of allylic oxidation sites excluding steroid dienone is 1. The summed E-state index contributed by atoms with van der Waals surface area (Å²) in [6, 6.07) is 3.99. The SMILES string of the molecule is CCCCCCOC(=O)C1=C(C)NC(=O)NC1c1ccc(Cl)c(Cl)c1. The summed E-state index contributed by atoms with van der Waals surface area (Å²) in [4.78, 5) is 24.4. The summed E-state index contributed by atoms with van der Waals surface area (Å²) in [7, 11) is 0. The molecule has 0 aromatic heterocycles. The molecule has 0 spiro atoms. The fraction of sp³-hybridized carbons (Fsp3) is 0.444. The third-order valence-corrected chi connectivity index (χ3v) is 4.74. The van der Waals surface area contributed by atoms with Gasteiger partial charge in [0.05, 0.1) is 28.3 Å². The van der Waals surface area contributed by atoms with Crippen molar-refractivity contribution in [2.24, 2.45) is 0 Å². The van der Waals surface area contributed by atoms with Crippen LogP contribution in [0, 0.1) is 0 Å². The molecule has 2 rings (SSSR count). The van der Waals surface area contributed by atoms with E-state index in [0.29, 0.717) is 33.5 Å². The van der Waals surface area contributed by atoms with E-state index in [1.54, 1.807) is 25.1 Å². The standard InChI is InChI=1S/C18H22Cl2N2O3/c1-3-4-5-6-9-25-17(23)15-11(2)21-18(24)22-16(15)12-7-8-13(19)14(20)10-12/h7-8,10,16H,3-6,9H2,1-2H3,(H2,21,22,24). The van der Waals surface area contributed by atoms with E-state index in [2.05, 4.69) is 17.6 Å². The van der Waals surface area contributed by atoms with Crippen LogP contribution in [-0.4, -0.2) is 18.6 Å². The summed E-state index contributed by atoms with van der Waals surface area (Å²) in [6.07, 6.45) is 4.08. The van der Waals surface area contributed by atoms with Crippen LogP contribution in [0.15, 0.2) is 29.5 Å². The molecule has 0 fully saturated rings. The second-order valence-corrected chi connectivity index (χ2v) is 6.75. The van der Waals surface area contributed by atoms with Crippen molar-refractivity contribution in [3.63, 3.8) is 0 Å². The predicted octanol–water partition coefficient (Wildman–Crippen LogP) is 4.74. The lowest BCUT2D eigenvalue weighted by molar-refractivity contribution is -0.139. The summed E-state index contributed by atoms with van der Waals surface area (Å²) >= 11 is 12.0. The Kier molecular flexibility index (Phi) is 7.14. The van der Waals surface area contributed by atoms with E-state index in [1.165, 1.54) is 0 Å². The fourth-order valence-corrected chi connectivity index (χ4v) is 2.98. The van der Waals surface area contributed by atoms with Gasteiger partial charge < -0.3 is 15.4 Å². The fourth-order valence-electron chi connectivity index (χ4n) is 2.68. The van der Waals surface area contributed by atoms with Crippen molar-refractivity contribution in [3.05, 3.63) is 45.1 Å². The number of unbranched alkanes of at least 4 members (excludes halogenated alkanes) is 3. The molecule has 25 heavy (non-hydrogen) atoms. The normalized spacial score (nSPS) is 17.1. The molecule has 0 bridgehead atoms. The Morgan fingerprint density at radius 3 is 2.64 bits per heavy atom. The summed E-state index contributed by atoms with van der Waals surface area (Å²) < 4.78 is 5.39. The largest absolute Gasteiger partial charge is 0.462 e. The van der Waals surface area contributed by atoms with Crippen LogP contribution in [0.5, 0.6) is 0 Å². The van der Waals surface area contributed by atoms with Gasteiger partial charge >= 0.3 is 12.0 Å². The number of urea groups is 1. The first-order valence-electron chi connectivity index (χ1n) is 8.34. The molecule has 0 saturated carbocycles. The van der Waals surface area contributed by atoms with Gasteiger partial charge in [0.15, 0.2) is 0 Å². The van der Waals surface area contributed by atoms with E-state index < -0.39 is 12.0 Å². The number of ether oxygens (including phenoxy) is 1. The van der Waals surface area contributed by atoms with Gasteiger partial charge in [-0.2, -0.15) is 0 Å². The molecule has 1 heterocycles. The van der Waals surface area contributed by atoms with Crippen LogP contribution in [0.2, 0.25) is 10.0 Å². The zero-order chi connectivity index (χ0) is 18.4. The van der Waals surface area contributed by atoms with E-state index in [9.17, 15) is 9.59 Å². The summed E-state index contributed by atoms with van der Waals surface area (Å²) in [5.74, 6) is -0.447. The Morgan fingerprint density at radius 1 is 1.20 bits per heavy atom. The highest BCUT2D eigenvalue weighted by Crippen LogP contribution is 2.31. The molecule has 1 aliphatic rings. The van der Waals surface area contributed by atoms with Crippen molar-refractivity contribution in [2.75, 3.05) is 6.61 Å².